The summed E-state index contributed by atoms with van der Waals surface area (Å²) in [5.74, 6) is -1.25. The zero-order valence-corrected chi connectivity index (χ0v) is 8.42. The number of hydrogen-bond donors (Lipinski definition) is 0. The smallest absolute Gasteiger partial charge is 0.381 e. The largest absolute Gasteiger partial charge is 0.574 e. The van der Waals surface area contributed by atoms with Gasteiger partial charge in [0.15, 0.2) is 0 Å². The highest BCUT2D eigenvalue weighted by Gasteiger charge is 2.36. The first kappa shape index (κ1) is 13.1. The van der Waals surface area contributed by atoms with Crippen LogP contribution in [0.25, 0.3) is 0 Å². The minimum atomic E-state index is -5.13. The molecule has 0 saturated heterocycles. The van der Waals surface area contributed by atoms with Gasteiger partial charge in [0.2, 0.25) is 0 Å². The van der Waals surface area contributed by atoms with E-state index >= 15 is 0 Å². The van der Waals surface area contributed by atoms with E-state index in [4.69, 9.17) is 0 Å². The quantitative estimate of drug-likeness (QED) is 0.472. The number of aryl methyl sites for hydroxylation is 1. The third-order valence-corrected chi connectivity index (χ3v) is 1.71. The molecule has 1 heterocycles. The highest BCUT2D eigenvalue weighted by molar-refractivity contribution is 5.49. The topological polar surface area (TPSA) is 65.3 Å². The molecule has 1 aromatic rings. The van der Waals surface area contributed by atoms with E-state index in [0.717, 1.165) is 6.07 Å². The summed E-state index contributed by atoms with van der Waals surface area (Å²) < 4.78 is 51.8. The maximum Gasteiger partial charge on any atom is 0.574 e. The molecule has 9 heteroatoms. The minimum Gasteiger partial charge on any atom is -0.381 e. The molecule has 0 atom stereocenters. The van der Waals surface area contributed by atoms with Crippen molar-refractivity contribution >= 4 is 5.69 Å². The zero-order valence-electron chi connectivity index (χ0n) is 8.42. The molecule has 0 radical (unpaired) electrons. The second-order valence-corrected chi connectivity index (χ2v) is 3.02. The fourth-order valence-electron chi connectivity index (χ4n) is 1.18. The number of nitro groups is 1. The third-order valence-electron chi connectivity index (χ3n) is 1.71. The molecule has 1 rings (SSSR count). The summed E-state index contributed by atoms with van der Waals surface area (Å²) in [6, 6.07) is 0.987. The van der Waals surface area contributed by atoms with Crippen LogP contribution in [-0.2, 0) is 6.67 Å². The Morgan fingerprint density at radius 2 is 2.12 bits per heavy atom. The van der Waals surface area contributed by atoms with E-state index in [-0.39, 0.29) is 5.69 Å². The maximum absolute atomic E-state index is 12.5. The Morgan fingerprint density at radius 1 is 1.53 bits per heavy atom. The van der Waals surface area contributed by atoms with Gasteiger partial charge in [0.25, 0.3) is 0 Å². The van der Waals surface area contributed by atoms with Crippen molar-refractivity contribution in [1.29, 1.82) is 0 Å². The lowest BCUT2D eigenvalue weighted by molar-refractivity contribution is -0.390. The molecule has 0 unspecified atom stereocenters. The average Bonchev–Trinajstić information content (AvgIpc) is 2.12. The Bertz CT molecular complexity index is 447. The number of rotatable bonds is 3. The number of hydrogen-bond acceptors (Lipinski definition) is 4. The van der Waals surface area contributed by atoms with Gasteiger partial charge >= 0.3 is 17.9 Å². The summed E-state index contributed by atoms with van der Waals surface area (Å²) in [7, 11) is 0. The van der Waals surface area contributed by atoms with E-state index in [2.05, 4.69) is 9.72 Å². The number of pyridine rings is 1. The first-order valence-corrected chi connectivity index (χ1v) is 4.21. The van der Waals surface area contributed by atoms with Crippen LogP contribution in [0.15, 0.2) is 6.07 Å². The highest BCUT2D eigenvalue weighted by Crippen LogP contribution is 2.33. The van der Waals surface area contributed by atoms with E-state index in [1.54, 1.807) is 0 Å². The number of nitrogens with zero attached hydrogens (tertiary/aromatic N) is 2. The molecule has 0 aliphatic heterocycles. The van der Waals surface area contributed by atoms with Crippen molar-refractivity contribution in [3.63, 3.8) is 0 Å². The van der Waals surface area contributed by atoms with E-state index < -0.39 is 35.1 Å². The van der Waals surface area contributed by atoms with Crippen LogP contribution in [0.4, 0.5) is 23.2 Å². The van der Waals surface area contributed by atoms with Gasteiger partial charge in [0.1, 0.15) is 6.67 Å². The van der Waals surface area contributed by atoms with Crippen molar-refractivity contribution in [2.45, 2.75) is 20.0 Å². The Morgan fingerprint density at radius 3 is 2.53 bits per heavy atom. The monoisotopic (exact) mass is 254 g/mol. The summed E-state index contributed by atoms with van der Waals surface area (Å²) in [4.78, 5) is 12.6. The van der Waals surface area contributed by atoms with Gasteiger partial charge in [-0.2, -0.15) is 0 Å². The van der Waals surface area contributed by atoms with Crippen LogP contribution in [0.3, 0.4) is 0 Å². The van der Waals surface area contributed by atoms with Crippen LogP contribution in [-0.4, -0.2) is 16.3 Å². The van der Waals surface area contributed by atoms with Crippen LogP contribution in [0, 0.1) is 17.0 Å². The van der Waals surface area contributed by atoms with Gasteiger partial charge in [-0.25, -0.2) is 9.37 Å². The molecule has 1 aromatic heterocycles. The summed E-state index contributed by atoms with van der Waals surface area (Å²) in [5.41, 5.74) is -1.64. The van der Waals surface area contributed by atoms with Crippen LogP contribution in [0.1, 0.15) is 11.3 Å². The summed E-state index contributed by atoms with van der Waals surface area (Å²) >= 11 is 0. The number of alkyl halides is 4. The Kier molecular flexibility index (Phi) is 3.49. The van der Waals surface area contributed by atoms with Crippen molar-refractivity contribution in [2.75, 3.05) is 0 Å². The van der Waals surface area contributed by atoms with Crippen molar-refractivity contribution in [3.05, 3.63) is 27.4 Å². The fourth-order valence-corrected chi connectivity index (χ4v) is 1.18. The van der Waals surface area contributed by atoms with E-state index in [1.165, 1.54) is 6.92 Å². The fraction of sp³-hybridized carbons (Fsp3) is 0.375. The molecule has 0 N–H and O–H groups in total. The molecule has 5 nitrogen and oxygen atoms in total. The Labute approximate surface area is 92.2 Å². The average molecular weight is 254 g/mol. The second-order valence-electron chi connectivity index (χ2n) is 3.02. The maximum atomic E-state index is 12.5. The molecular weight excluding hydrogens is 248 g/mol. The number of aromatic nitrogens is 1. The molecule has 0 aromatic carbocycles. The first-order chi connectivity index (χ1) is 7.74. The summed E-state index contributed by atoms with van der Waals surface area (Å²) in [6.07, 6.45) is -5.13. The van der Waals surface area contributed by atoms with Gasteiger partial charge in [0.05, 0.1) is 10.5 Å². The zero-order chi connectivity index (χ0) is 13.2. The van der Waals surface area contributed by atoms with Gasteiger partial charge in [-0.3, -0.25) is 10.1 Å². The molecule has 0 bridgehead atoms. The summed E-state index contributed by atoms with van der Waals surface area (Å²) in [6.45, 7) is -0.0139. The van der Waals surface area contributed by atoms with Crippen molar-refractivity contribution in [1.82, 2.24) is 4.98 Å². The van der Waals surface area contributed by atoms with Crippen molar-refractivity contribution in [2.24, 2.45) is 0 Å². The van der Waals surface area contributed by atoms with E-state index in [1.807, 2.05) is 0 Å². The van der Waals surface area contributed by atoms with Crippen LogP contribution >= 0.6 is 0 Å². The lowest BCUT2D eigenvalue weighted by Crippen LogP contribution is -2.19. The molecule has 0 aliphatic carbocycles. The lowest BCUT2D eigenvalue weighted by atomic mass is 10.2. The predicted molar refractivity (Wildman–Crippen MR) is 47.1 cm³/mol. The SMILES string of the molecule is Cc1cc(CF)c([N+](=O)[O-])c(OC(F)(F)F)n1. The molecule has 0 fully saturated rings. The van der Waals surface area contributed by atoms with Crippen molar-refractivity contribution in [3.8, 4) is 5.88 Å². The van der Waals surface area contributed by atoms with Gasteiger partial charge in [0, 0.05) is 5.69 Å². The van der Waals surface area contributed by atoms with Gasteiger partial charge in [-0.15, -0.1) is 13.2 Å². The first-order valence-electron chi connectivity index (χ1n) is 4.21. The van der Waals surface area contributed by atoms with E-state index in [0.29, 0.717) is 0 Å². The molecule has 0 spiro atoms. The minimum absolute atomic E-state index is 0.0116. The van der Waals surface area contributed by atoms with Gasteiger partial charge < -0.3 is 4.74 Å². The normalized spacial score (nSPS) is 11.4. The Balaban J connectivity index is 3.35. The third kappa shape index (κ3) is 3.26. The predicted octanol–water partition coefficient (Wildman–Crippen LogP) is 2.67. The van der Waals surface area contributed by atoms with Crippen LogP contribution in [0.2, 0.25) is 0 Å². The lowest BCUT2D eigenvalue weighted by Gasteiger charge is -2.10. The highest BCUT2D eigenvalue weighted by atomic mass is 19.4. The van der Waals surface area contributed by atoms with Crippen LogP contribution < -0.4 is 4.74 Å². The molecule has 0 saturated carbocycles. The second kappa shape index (κ2) is 4.52. The molecule has 0 aliphatic rings. The standard InChI is InChI=1S/C8H6F4N2O3/c1-4-2-5(3-9)6(14(15)16)7(13-4)17-8(10,11)12/h2H,3H2,1H3. The molecule has 17 heavy (non-hydrogen) atoms. The molecule has 94 valence electrons. The molecule has 0 amide bonds. The van der Waals surface area contributed by atoms with Gasteiger partial charge in [-0.1, -0.05) is 0 Å². The van der Waals surface area contributed by atoms with Gasteiger partial charge in [-0.05, 0) is 13.0 Å². The molecular formula is C8H6F4N2O3. The Hall–Kier alpha value is -1.93. The number of ether oxygens (including phenoxy) is 1. The van der Waals surface area contributed by atoms with E-state index in [9.17, 15) is 27.7 Å². The van der Waals surface area contributed by atoms with Crippen molar-refractivity contribution < 1.29 is 27.2 Å². The number of halogens is 4. The van der Waals surface area contributed by atoms with Crippen LogP contribution in [0.5, 0.6) is 5.88 Å². The summed E-state index contributed by atoms with van der Waals surface area (Å²) in [5, 5.41) is 10.6.